The highest BCUT2D eigenvalue weighted by molar-refractivity contribution is 5.68. The van der Waals surface area contributed by atoms with Gasteiger partial charge in [0.25, 0.3) is 0 Å². The van der Waals surface area contributed by atoms with Gasteiger partial charge in [0.15, 0.2) is 0 Å². The molecule has 0 amide bonds. The molecule has 0 spiro atoms. The number of fused-ring (bicyclic) bond motifs is 1. The quantitative estimate of drug-likeness (QED) is 0.797. The summed E-state index contributed by atoms with van der Waals surface area (Å²) in [5.41, 5.74) is 5.00. The van der Waals surface area contributed by atoms with E-state index >= 15 is 0 Å². The van der Waals surface area contributed by atoms with E-state index in [1.807, 2.05) is 60.0 Å². The van der Waals surface area contributed by atoms with E-state index in [1.54, 1.807) is 0 Å². The van der Waals surface area contributed by atoms with Crippen LogP contribution in [0.15, 0.2) is 48.7 Å². The van der Waals surface area contributed by atoms with E-state index in [9.17, 15) is 4.79 Å². The lowest BCUT2D eigenvalue weighted by molar-refractivity contribution is -0.136. The third-order valence-corrected chi connectivity index (χ3v) is 3.59. The minimum atomic E-state index is -0.776. The van der Waals surface area contributed by atoms with Gasteiger partial charge in [-0.05, 0) is 25.0 Å². The molecule has 0 aliphatic heterocycles. The van der Waals surface area contributed by atoms with Gasteiger partial charge in [-0.1, -0.05) is 36.4 Å². The fourth-order valence-electron chi connectivity index (χ4n) is 2.47. The van der Waals surface area contributed by atoms with Crippen LogP contribution in [-0.2, 0) is 11.2 Å². The summed E-state index contributed by atoms with van der Waals surface area (Å²) in [5, 5.41) is 8.78. The van der Waals surface area contributed by atoms with Crippen LogP contribution in [0.5, 0.6) is 0 Å². The van der Waals surface area contributed by atoms with Crippen molar-refractivity contribution >= 4 is 11.6 Å². The fourth-order valence-corrected chi connectivity index (χ4v) is 2.47. The molecule has 0 radical (unpaired) electrons. The number of aromatic nitrogens is 2. The third-order valence-electron chi connectivity index (χ3n) is 3.59. The maximum atomic E-state index is 10.7. The molecule has 0 saturated heterocycles. The zero-order chi connectivity index (χ0) is 14.8. The van der Waals surface area contributed by atoms with Gasteiger partial charge >= 0.3 is 5.97 Å². The van der Waals surface area contributed by atoms with E-state index in [2.05, 4.69) is 4.98 Å². The van der Waals surface area contributed by atoms with Gasteiger partial charge in [0, 0.05) is 23.9 Å². The highest BCUT2D eigenvalue weighted by atomic mass is 16.4. The molecular weight excluding hydrogens is 264 g/mol. The van der Waals surface area contributed by atoms with E-state index in [4.69, 9.17) is 5.11 Å². The summed E-state index contributed by atoms with van der Waals surface area (Å²) in [6.07, 6.45) is 2.65. The number of pyridine rings is 1. The minimum Gasteiger partial charge on any atom is -0.481 e. The molecule has 3 aromatic rings. The molecule has 0 atom stereocenters. The lowest BCUT2D eigenvalue weighted by Crippen LogP contribution is -1.99. The van der Waals surface area contributed by atoms with Crippen molar-refractivity contribution in [1.82, 2.24) is 9.38 Å². The molecule has 0 bridgehead atoms. The van der Waals surface area contributed by atoms with Gasteiger partial charge in [-0.3, -0.25) is 4.79 Å². The Morgan fingerprint density at radius 1 is 1.19 bits per heavy atom. The van der Waals surface area contributed by atoms with Gasteiger partial charge in [-0.15, -0.1) is 0 Å². The van der Waals surface area contributed by atoms with Crippen LogP contribution in [0, 0.1) is 6.92 Å². The molecule has 0 unspecified atom stereocenters. The highest BCUT2D eigenvalue weighted by Gasteiger charge is 2.10. The Hall–Kier alpha value is -2.62. The summed E-state index contributed by atoms with van der Waals surface area (Å²) in [4.78, 5) is 15.3. The van der Waals surface area contributed by atoms with E-state index in [1.165, 1.54) is 0 Å². The first kappa shape index (κ1) is 13.4. The Morgan fingerprint density at radius 3 is 2.67 bits per heavy atom. The summed E-state index contributed by atoms with van der Waals surface area (Å²) in [6, 6.07) is 13.9. The number of aryl methyl sites for hydroxylation is 2. The molecule has 1 aromatic carbocycles. The Kier molecular flexibility index (Phi) is 3.44. The zero-order valence-electron chi connectivity index (χ0n) is 11.8. The number of benzene rings is 1. The molecule has 0 aliphatic rings. The average molecular weight is 280 g/mol. The van der Waals surface area contributed by atoms with Gasteiger partial charge < -0.3 is 9.51 Å². The van der Waals surface area contributed by atoms with E-state index in [0.717, 1.165) is 28.2 Å². The van der Waals surface area contributed by atoms with Crippen LogP contribution in [0.3, 0.4) is 0 Å². The predicted octanol–water partition coefficient (Wildman–Crippen LogP) is 3.33. The number of imidazole rings is 1. The van der Waals surface area contributed by atoms with Crippen molar-refractivity contribution in [2.24, 2.45) is 0 Å². The normalized spacial score (nSPS) is 10.9. The van der Waals surface area contributed by atoms with Crippen molar-refractivity contribution in [3.8, 4) is 11.3 Å². The van der Waals surface area contributed by atoms with Crippen molar-refractivity contribution in [3.63, 3.8) is 0 Å². The molecule has 1 N–H and O–H groups in total. The predicted molar refractivity (Wildman–Crippen MR) is 81.3 cm³/mol. The molecule has 4 heteroatoms. The monoisotopic (exact) mass is 280 g/mol. The number of nitrogens with zero attached hydrogens (tertiary/aromatic N) is 2. The average Bonchev–Trinajstić information content (AvgIpc) is 2.83. The molecule has 2 aromatic heterocycles. The van der Waals surface area contributed by atoms with Crippen LogP contribution in [0.25, 0.3) is 16.9 Å². The molecule has 0 aliphatic carbocycles. The van der Waals surface area contributed by atoms with Crippen molar-refractivity contribution in [2.45, 2.75) is 19.8 Å². The summed E-state index contributed by atoms with van der Waals surface area (Å²) in [5.74, 6) is -0.776. The minimum absolute atomic E-state index is 0.144. The lowest BCUT2D eigenvalue weighted by Gasteiger charge is -2.02. The second-order valence-electron chi connectivity index (χ2n) is 5.07. The van der Waals surface area contributed by atoms with Crippen LogP contribution in [0.2, 0.25) is 0 Å². The largest absolute Gasteiger partial charge is 0.481 e. The molecule has 3 rings (SSSR count). The second-order valence-corrected chi connectivity index (χ2v) is 5.07. The van der Waals surface area contributed by atoms with Crippen LogP contribution < -0.4 is 0 Å². The number of hydrogen-bond acceptors (Lipinski definition) is 2. The maximum absolute atomic E-state index is 10.7. The first-order chi connectivity index (χ1) is 10.1. The number of carboxylic acids is 1. The first-order valence-corrected chi connectivity index (χ1v) is 6.90. The topological polar surface area (TPSA) is 54.6 Å². The second kappa shape index (κ2) is 5.40. The van der Waals surface area contributed by atoms with Gasteiger partial charge in [0.1, 0.15) is 5.65 Å². The molecule has 21 heavy (non-hydrogen) atoms. The fraction of sp³-hybridized carbons (Fsp3) is 0.176. The van der Waals surface area contributed by atoms with Crippen LogP contribution >= 0.6 is 0 Å². The van der Waals surface area contributed by atoms with E-state index < -0.39 is 5.97 Å². The molecular formula is C17H16N2O2. The Labute approximate surface area is 122 Å². The van der Waals surface area contributed by atoms with E-state index in [-0.39, 0.29) is 6.42 Å². The zero-order valence-corrected chi connectivity index (χ0v) is 11.8. The van der Waals surface area contributed by atoms with Crippen molar-refractivity contribution in [1.29, 1.82) is 0 Å². The number of carboxylic acid groups (broad SMARTS) is 1. The number of hydrogen-bond donors (Lipinski definition) is 1. The Bertz CT molecular complexity index is 791. The Morgan fingerprint density at radius 2 is 1.95 bits per heavy atom. The maximum Gasteiger partial charge on any atom is 0.303 e. The molecule has 106 valence electrons. The summed E-state index contributed by atoms with van der Waals surface area (Å²) in [7, 11) is 0. The van der Waals surface area contributed by atoms with Gasteiger partial charge in [0.05, 0.1) is 5.69 Å². The first-order valence-electron chi connectivity index (χ1n) is 6.90. The SMILES string of the molecule is Cc1c(-c2ccccc2)nc2ccc(CCC(=O)O)cn12. The van der Waals surface area contributed by atoms with Crippen molar-refractivity contribution in [3.05, 3.63) is 59.9 Å². The molecule has 0 fully saturated rings. The van der Waals surface area contributed by atoms with Gasteiger partial charge in [0.2, 0.25) is 0 Å². The number of carbonyl (C=O) groups is 1. The number of rotatable bonds is 4. The summed E-state index contributed by atoms with van der Waals surface area (Å²) >= 11 is 0. The summed E-state index contributed by atoms with van der Waals surface area (Å²) in [6.45, 7) is 2.03. The van der Waals surface area contributed by atoms with Gasteiger partial charge in [-0.25, -0.2) is 4.98 Å². The van der Waals surface area contributed by atoms with Crippen molar-refractivity contribution < 1.29 is 9.90 Å². The molecule has 2 heterocycles. The van der Waals surface area contributed by atoms with E-state index in [0.29, 0.717) is 6.42 Å². The standard InChI is InChI=1S/C17H16N2O2/c1-12-17(14-5-3-2-4-6-14)18-15-9-7-13(11-19(12)15)8-10-16(20)21/h2-7,9,11H,8,10H2,1H3,(H,20,21). The van der Waals surface area contributed by atoms with Crippen molar-refractivity contribution in [2.75, 3.05) is 0 Å². The molecule has 0 saturated carbocycles. The van der Waals surface area contributed by atoms with Crippen LogP contribution in [0.1, 0.15) is 17.7 Å². The van der Waals surface area contributed by atoms with Crippen LogP contribution in [0.4, 0.5) is 0 Å². The number of aliphatic carboxylic acids is 1. The summed E-state index contributed by atoms with van der Waals surface area (Å²) < 4.78 is 2.03. The smallest absolute Gasteiger partial charge is 0.303 e. The lowest BCUT2D eigenvalue weighted by atomic mass is 10.1. The Balaban J connectivity index is 2.02. The van der Waals surface area contributed by atoms with Gasteiger partial charge in [-0.2, -0.15) is 0 Å². The highest BCUT2D eigenvalue weighted by Crippen LogP contribution is 2.24. The van der Waals surface area contributed by atoms with Crippen LogP contribution in [-0.4, -0.2) is 20.5 Å². The molecule has 4 nitrogen and oxygen atoms in total. The third kappa shape index (κ3) is 2.65.